The van der Waals surface area contributed by atoms with Crippen molar-refractivity contribution in [3.05, 3.63) is 55.0 Å². The number of hydrogen-bond donors (Lipinski definition) is 0. The third-order valence-corrected chi connectivity index (χ3v) is 1.38. The molecule has 11 heavy (non-hydrogen) atoms. The Kier molecular flexibility index (Phi) is 2.84. The lowest BCUT2D eigenvalue weighted by atomic mass is 10.1. The fraction of sp³-hybridized carbons (Fsp3) is 0.100. The summed E-state index contributed by atoms with van der Waals surface area (Å²) in [4.78, 5) is 0. The van der Waals surface area contributed by atoms with Gasteiger partial charge in [0.2, 0.25) is 0 Å². The first-order valence-corrected chi connectivity index (χ1v) is 3.49. The summed E-state index contributed by atoms with van der Waals surface area (Å²) in [5.41, 5.74) is 0.889. The average molecular weight is 149 g/mol. The molecule has 0 saturated carbocycles. The van der Waals surface area contributed by atoms with Crippen LogP contribution in [0.5, 0.6) is 0 Å². The highest BCUT2D eigenvalue weighted by Gasteiger charge is 2.00. The molecule has 1 atom stereocenters. The summed E-state index contributed by atoms with van der Waals surface area (Å²) in [5, 5.41) is 0. The Morgan fingerprint density at radius 2 is 1.91 bits per heavy atom. The van der Waals surface area contributed by atoms with Crippen molar-refractivity contribution in [3.63, 3.8) is 0 Å². The van der Waals surface area contributed by atoms with Gasteiger partial charge >= 0.3 is 0 Å². The molecule has 1 aromatic carbocycles. The third kappa shape index (κ3) is 2.54. The summed E-state index contributed by atoms with van der Waals surface area (Å²) >= 11 is 0. The molecular weight excluding hydrogens is 139 g/mol. The van der Waals surface area contributed by atoms with Gasteiger partial charge in [-0.1, -0.05) is 36.4 Å². The number of halogens is 1. The van der Waals surface area contributed by atoms with Gasteiger partial charge in [0, 0.05) is 6.42 Å². The second kappa shape index (κ2) is 3.91. The minimum absolute atomic E-state index is 0.889. The van der Waals surface area contributed by atoms with E-state index >= 15 is 0 Å². The molecule has 1 unspecified atom stereocenters. The van der Waals surface area contributed by atoms with E-state index in [1.165, 1.54) is 12.5 Å². The summed E-state index contributed by atoms with van der Waals surface area (Å²) in [5.74, 6) is 0. The zero-order valence-corrected chi connectivity index (χ0v) is 6.20. The molecule has 1 aromatic rings. The van der Waals surface area contributed by atoms with Gasteiger partial charge in [0.25, 0.3) is 0 Å². The smallest absolute Gasteiger partial charge is 0.126 e. The van der Waals surface area contributed by atoms with E-state index in [4.69, 9.17) is 0 Å². The van der Waals surface area contributed by atoms with E-state index in [-0.39, 0.29) is 0 Å². The van der Waals surface area contributed by atoms with Crippen molar-refractivity contribution in [3.8, 4) is 0 Å². The number of rotatable bonds is 3. The maximum atomic E-state index is 12.6. The average Bonchev–Trinajstić information content (AvgIpc) is 2.06. The largest absolute Gasteiger partial charge is 0.242 e. The van der Waals surface area contributed by atoms with Crippen LogP contribution >= 0.6 is 0 Å². The third-order valence-electron chi connectivity index (χ3n) is 1.38. The Labute approximate surface area is 66.4 Å². The van der Waals surface area contributed by atoms with E-state index in [1.54, 1.807) is 0 Å². The summed E-state index contributed by atoms with van der Waals surface area (Å²) in [7, 11) is 0. The maximum Gasteiger partial charge on any atom is 0.126 e. The molecule has 0 nitrogen and oxygen atoms in total. The van der Waals surface area contributed by atoms with E-state index < -0.39 is 6.17 Å². The molecule has 0 amide bonds. The molecule has 0 saturated heterocycles. The molecule has 0 aliphatic heterocycles. The maximum absolute atomic E-state index is 12.6. The summed E-state index contributed by atoms with van der Waals surface area (Å²) in [6, 6.07) is 9.37. The Bertz CT molecular complexity index is 216. The topological polar surface area (TPSA) is 0 Å². The Balaban J connectivity index is 2.57. The Hall–Kier alpha value is -1.11. The highest BCUT2D eigenvalue weighted by Crippen LogP contribution is 2.08. The predicted octanol–water partition coefficient (Wildman–Crippen LogP) is 2.76. The first-order chi connectivity index (χ1) is 5.33. The quantitative estimate of drug-likeness (QED) is 0.580. The molecule has 0 spiro atoms. The highest BCUT2D eigenvalue weighted by atomic mass is 19.1. The number of alkyl halides is 1. The molecule has 0 aliphatic rings. The molecule has 0 aliphatic carbocycles. The Morgan fingerprint density at radius 3 is 2.45 bits per heavy atom. The molecule has 0 N–H and O–H groups in total. The van der Waals surface area contributed by atoms with Crippen LogP contribution in [0.1, 0.15) is 5.56 Å². The number of benzene rings is 1. The van der Waals surface area contributed by atoms with Crippen molar-refractivity contribution < 1.29 is 4.39 Å². The van der Waals surface area contributed by atoms with Crippen molar-refractivity contribution in [2.75, 3.05) is 0 Å². The van der Waals surface area contributed by atoms with Crippen molar-refractivity contribution >= 4 is 0 Å². The molecule has 1 radical (unpaired) electrons. The van der Waals surface area contributed by atoms with Crippen LogP contribution in [0.25, 0.3) is 0 Å². The summed E-state index contributed by atoms with van der Waals surface area (Å²) in [6.07, 6.45) is 1.75. The number of allylic oxidation sites excluding steroid dienone is 1. The fourth-order valence-electron chi connectivity index (χ4n) is 0.816. The van der Waals surface area contributed by atoms with Gasteiger partial charge in [-0.15, -0.1) is 6.58 Å². The zero-order chi connectivity index (χ0) is 8.10. The van der Waals surface area contributed by atoms with E-state index in [2.05, 4.69) is 6.58 Å². The van der Waals surface area contributed by atoms with E-state index in [9.17, 15) is 4.39 Å². The van der Waals surface area contributed by atoms with Crippen molar-refractivity contribution in [2.24, 2.45) is 0 Å². The lowest BCUT2D eigenvalue weighted by molar-refractivity contribution is 0.451. The van der Waals surface area contributed by atoms with Crippen LogP contribution in [-0.4, -0.2) is 6.17 Å². The first kappa shape index (κ1) is 7.99. The fourth-order valence-corrected chi connectivity index (χ4v) is 0.816. The second-order valence-corrected chi connectivity index (χ2v) is 2.26. The molecule has 1 heteroatoms. The van der Waals surface area contributed by atoms with E-state index in [0.717, 1.165) is 5.56 Å². The molecule has 57 valence electrons. The van der Waals surface area contributed by atoms with Crippen LogP contribution in [0, 0.1) is 6.42 Å². The SMILES string of the molecule is C=CC(F)[CH]c1ccccc1. The molecule has 1 rings (SSSR count). The van der Waals surface area contributed by atoms with Gasteiger partial charge in [-0.25, -0.2) is 4.39 Å². The van der Waals surface area contributed by atoms with Crippen molar-refractivity contribution in [2.45, 2.75) is 6.17 Å². The van der Waals surface area contributed by atoms with E-state index in [0.29, 0.717) is 0 Å². The zero-order valence-electron chi connectivity index (χ0n) is 6.20. The van der Waals surface area contributed by atoms with Crippen molar-refractivity contribution in [1.82, 2.24) is 0 Å². The van der Waals surface area contributed by atoms with Gasteiger partial charge in [0.15, 0.2) is 0 Å². The van der Waals surface area contributed by atoms with Crippen LogP contribution in [0.15, 0.2) is 43.0 Å². The van der Waals surface area contributed by atoms with Crippen LogP contribution in [0.2, 0.25) is 0 Å². The number of hydrogen-bond acceptors (Lipinski definition) is 0. The van der Waals surface area contributed by atoms with Gasteiger partial charge in [0.05, 0.1) is 0 Å². The van der Waals surface area contributed by atoms with Gasteiger partial charge in [0.1, 0.15) is 6.17 Å². The van der Waals surface area contributed by atoms with Crippen molar-refractivity contribution in [1.29, 1.82) is 0 Å². The lowest BCUT2D eigenvalue weighted by Gasteiger charge is -2.00. The predicted molar refractivity (Wildman–Crippen MR) is 44.9 cm³/mol. The first-order valence-electron chi connectivity index (χ1n) is 3.49. The minimum Gasteiger partial charge on any atom is -0.242 e. The monoisotopic (exact) mass is 149 g/mol. The van der Waals surface area contributed by atoms with Crippen LogP contribution in [0.4, 0.5) is 4.39 Å². The minimum atomic E-state index is -1.04. The van der Waals surface area contributed by atoms with Gasteiger partial charge in [-0.05, 0) is 5.56 Å². The molecule has 0 aromatic heterocycles. The van der Waals surface area contributed by atoms with Crippen LogP contribution in [-0.2, 0) is 0 Å². The van der Waals surface area contributed by atoms with Crippen LogP contribution in [0.3, 0.4) is 0 Å². The highest BCUT2D eigenvalue weighted by molar-refractivity contribution is 5.25. The van der Waals surface area contributed by atoms with Gasteiger partial charge in [-0.3, -0.25) is 0 Å². The molecule has 0 bridgehead atoms. The van der Waals surface area contributed by atoms with E-state index in [1.807, 2.05) is 30.3 Å². The van der Waals surface area contributed by atoms with Crippen LogP contribution < -0.4 is 0 Å². The molecular formula is C10H10F. The standard InChI is InChI=1S/C10H10F/c1-2-10(11)8-9-6-4-3-5-7-9/h2-8,10H,1H2. The molecule has 0 fully saturated rings. The van der Waals surface area contributed by atoms with Gasteiger partial charge < -0.3 is 0 Å². The lowest BCUT2D eigenvalue weighted by Crippen LogP contribution is -1.95. The molecule has 0 heterocycles. The second-order valence-electron chi connectivity index (χ2n) is 2.26. The Morgan fingerprint density at radius 1 is 1.27 bits per heavy atom. The summed E-state index contributed by atoms with van der Waals surface area (Å²) in [6.45, 7) is 3.35. The summed E-state index contributed by atoms with van der Waals surface area (Å²) < 4.78 is 12.6. The normalized spacial score (nSPS) is 12.5. The van der Waals surface area contributed by atoms with Gasteiger partial charge in [-0.2, -0.15) is 0 Å².